The fourth-order valence-electron chi connectivity index (χ4n) is 3.35. The molecule has 29 heavy (non-hydrogen) atoms. The van der Waals surface area contributed by atoms with Crippen LogP contribution >= 0.6 is 0 Å². The molecule has 0 saturated heterocycles. The molecule has 0 fully saturated rings. The van der Waals surface area contributed by atoms with E-state index in [1.807, 2.05) is 19.1 Å². The zero-order chi connectivity index (χ0) is 20.8. The highest BCUT2D eigenvalue weighted by molar-refractivity contribution is 5.84. The molecular weight excluding hydrogens is 381 g/mol. The molecule has 0 amide bonds. The van der Waals surface area contributed by atoms with Crippen molar-refractivity contribution in [2.75, 3.05) is 0 Å². The van der Waals surface area contributed by atoms with E-state index in [0.29, 0.717) is 17.4 Å². The van der Waals surface area contributed by atoms with Gasteiger partial charge in [-0.15, -0.1) is 0 Å². The van der Waals surface area contributed by atoms with E-state index in [2.05, 4.69) is 10.1 Å². The molecule has 0 unspecified atom stereocenters. The van der Waals surface area contributed by atoms with E-state index in [9.17, 15) is 18.0 Å². The van der Waals surface area contributed by atoms with Crippen molar-refractivity contribution in [3.05, 3.63) is 87.6 Å². The third-order valence-corrected chi connectivity index (χ3v) is 4.73. The zero-order valence-corrected chi connectivity index (χ0v) is 15.7. The van der Waals surface area contributed by atoms with Crippen LogP contribution in [-0.4, -0.2) is 19.3 Å². The number of aryl methyl sites for hydroxylation is 2. The maximum atomic E-state index is 13.7. The summed E-state index contributed by atoms with van der Waals surface area (Å²) in [6, 6.07) is 13.1. The molecule has 4 aromatic rings. The second-order valence-electron chi connectivity index (χ2n) is 6.83. The van der Waals surface area contributed by atoms with Crippen LogP contribution in [0, 0.1) is 13.8 Å². The van der Waals surface area contributed by atoms with Gasteiger partial charge in [0.15, 0.2) is 0 Å². The third kappa shape index (κ3) is 3.41. The Labute approximate surface area is 164 Å². The van der Waals surface area contributed by atoms with Crippen molar-refractivity contribution < 1.29 is 13.2 Å². The standard InChI is InChI=1S/C21H17F3N4O/c1-13-6-8-16(9-7-13)28-20-19(14(2)26-28)17(21(22,23)24)11-18(29)27(20)12-15-5-3-4-10-25-15/h3-11H,12H2,1-2H3. The molecule has 0 aliphatic rings. The van der Waals surface area contributed by atoms with E-state index in [1.165, 1.54) is 16.2 Å². The van der Waals surface area contributed by atoms with Crippen LogP contribution in [0.3, 0.4) is 0 Å². The van der Waals surface area contributed by atoms with E-state index in [4.69, 9.17) is 0 Å². The van der Waals surface area contributed by atoms with Crippen molar-refractivity contribution in [1.29, 1.82) is 0 Å². The van der Waals surface area contributed by atoms with Crippen LogP contribution in [0.25, 0.3) is 16.7 Å². The fraction of sp³-hybridized carbons (Fsp3) is 0.190. The van der Waals surface area contributed by atoms with Gasteiger partial charge in [0, 0.05) is 12.3 Å². The summed E-state index contributed by atoms with van der Waals surface area (Å²) in [4.78, 5) is 16.9. The van der Waals surface area contributed by atoms with Gasteiger partial charge in [0.05, 0.1) is 34.6 Å². The monoisotopic (exact) mass is 398 g/mol. The SMILES string of the molecule is Cc1ccc(-n2nc(C)c3c(C(F)(F)F)cc(=O)n(Cc4ccccn4)c32)cc1. The van der Waals surface area contributed by atoms with Crippen LogP contribution in [0.4, 0.5) is 13.2 Å². The minimum Gasteiger partial charge on any atom is -0.286 e. The number of rotatable bonds is 3. The van der Waals surface area contributed by atoms with Gasteiger partial charge < -0.3 is 0 Å². The highest BCUT2D eigenvalue weighted by Crippen LogP contribution is 2.36. The maximum Gasteiger partial charge on any atom is 0.417 e. The molecule has 0 atom stereocenters. The molecule has 0 bridgehead atoms. The number of nitrogens with zero attached hydrogens (tertiary/aromatic N) is 4. The Hall–Kier alpha value is -3.42. The fourth-order valence-corrected chi connectivity index (χ4v) is 3.35. The molecule has 148 valence electrons. The highest BCUT2D eigenvalue weighted by atomic mass is 19.4. The minimum absolute atomic E-state index is 0.0330. The number of fused-ring (bicyclic) bond motifs is 1. The van der Waals surface area contributed by atoms with Crippen molar-refractivity contribution in [2.24, 2.45) is 0 Å². The topological polar surface area (TPSA) is 52.7 Å². The first kappa shape index (κ1) is 18.9. The average Bonchev–Trinajstić information content (AvgIpc) is 3.01. The Balaban J connectivity index is 2.07. The number of pyridine rings is 2. The smallest absolute Gasteiger partial charge is 0.286 e. The molecule has 1 aromatic carbocycles. The summed E-state index contributed by atoms with van der Waals surface area (Å²) >= 11 is 0. The molecule has 4 rings (SSSR count). The second-order valence-corrected chi connectivity index (χ2v) is 6.83. The van der Waals surface area contributed by atoms with E-state index in [-0.39, 0.29) is 23.3 Å². The summed E-state index contributed by atoms with van der Waals surface area (Å²) in [7, 11) is 0. The first-order valence-electron chi connectivity index (χ1n) is 8.93. The van der Waals surface area contributed by atoms with Crippen LogP contribution in [-0.2, 0) is 12.7 Å². The van der Waals surface area contributed by atoms with Gasteiger partial charge >= 0.3 is 6.18 Å². The Kier molecular flexibility index (Phi) is 4.49. The van der Waals surface area contributed by atoms with Gasteiger partial charge in [-0.2, -0.15) is 18.3 Å². The molecule has 3 heterocycles. The van der Waals surface area contributed by atoms with Gasteiger partial charge in [-0.05, 0) is 38.1 Å². The lowest BCUT2D eigenvalue weighted by Crippen LogP contribution is -2.25. The molecule has 0 saturated carbocycles. The number of aromatic nitrogens is 4. The number of halogens is 3. The molecule has 0 spiro atoms. The van der Waals surface area contributed by atoms with Crippen LogP contribution in [0.2, 0.25) is 0 Å². The van der Waals surface area contributed by atoms with Gasteiger partial charge in [-0.1, -0.05) is 23.8 Å². The van der Waals surface area contributed by atoms with E-state index in [0.717, 1.165) is 5.56 Å². The lowest BCUT2D eigenvalue weighted by atomic mass is 10.1. The summed E-state index contributed by atoms with van der Waals surface area (Å²) in [5, 5.41) is 4.25. The Bertz CT molecular complexity index is 1240. The predicted octanol–water partition coefficient (Wildman–Crippen LogP) is 4.27. The van der Waals surface area contributed by atoms with E-state index in [1.54, 1.807) is 36.5 Å². The lowest BCUT2D eigenvalue weighted by Gasteiger charge is -2.14. The molecule has 0 radical (unpaired) electrons. The number of hydrogen-bond donors (Lipinski definition) is 0. The Morgan fingerprint density at radius 2 is 1.76 bits per heavy atom. The van der Waals surface area contributed by atoms with Gasteiger partial charge in [0.25, 0.3) is 5.56 Å². The van der Waals surface area contributed by atoms with Crippen LogP contribution in [0.15, 0.2) is 59.5 Å². The quantitative estimate of drug-likeness (QED) is 0.518. The van der Waals surface area contributed by atoms with Crippen molar-refractivity contribution in [1.82, 2.24) is 19.3 Å². The molecule has 5 nitrogen and oxygen atoms in total. The second kappa shape index (κ2) is 6.88. The normalized spacial score (nSPS) is 11.9. The summed E-state index contributed by atoms with van der Waals surface area (Å²) in [5.74, 6) is 0. The first-order valence-corrected chi connectivity index (χ1v) is 8.93. The Morgan fingerprint density at radius 3 is 2.38 bits per heavy atom. The van der Waals surface area contributed by atoms with Crippen LogP contribution in [0.1, 0.15) is 22.5 Å². The summed E-state index contributed by atoms with van der Waals surface area (Å²) in [5.41, 5.74) is 0.685. The molecule has 8 heteroatoms. The molecular formula is C21H17F3N4O. The van der Waals surface area contributed by atoms with Crippen molar-refractivity contribution in [3.63, 3.8) is 0 Å². The highest BCUT2D eigenvalue weighted by Gasteiger charge is 2.36. The van der Waals surface area contributed by atoms with Crippen LogP contribution in [0.5, 0.6) is 0 Å². The third-order valence-electron chi connectivity index (χ3n) is 4.73. The van der Waals surface area contributed by atoms with Crippen LogP contribution < -0.4 is 5.56 Å². The predicted molar refractivity (Wildman–Crippen MR) is 103 cm³/mol. The van der Waals surface area contributed by atoms with Gasteiger partial charge in [-0.3, -0.25) is 14.3 Å². The summed E-state index contributed by atoms with van der Waals surface area (Å²) in [6.45, 7) is 3.46. The number of hydrogen-bond acceptors (Lipinski definition) is 3. The first-order chi connectivity index (χ1) is 13.8. The van der Waals surface area contributed by atoms with Gasteiger partial charge in [0.1, 0.15) is 5.65 Å². The zero-order valence-electron chi connectivity index (χ0n) is 15.7. The summed E-state index contributed by atoms with van der Waals surface area (Å²) in [6.07, 6.45) is -3.10. The number of benzene rings is 1. The van der Waals surface area contributed by atoms with Crippen molar-refractivity contribution in [2.45, 2.75) is 26.6 Å². The largest absolute Gasteiger partial charge is 0.417 e. The Morgan fingerprint density at radius 1 is 1.03 bits per heavy atom. The molecule has 0 aliphatic carbocycles. The van der Waals surface area contributed by atoms with E-state index >= 15 is 0 Å². The van der Waals surface area contributed by atoms with Crippen molar-refractivity contribution >= 4 is 11.0 Å². The van der Waals surface area contributed by atoms with Crippen molar-refractivity contribution in [3.8, 4) is 5.69 Å². The van der Waals surface area contributed by atoms with E-state index < -0.39 is 17.3 Å². The van der Waals surface area contributed by atoms with Gasteiger partial charge in [-0.25, -0.2) is 4.68 Å². The van der Waals surface area contributed by atoms with Gasteiger partial charge in [0.2, 0.25) is 0 Å². The molecule has 0 N–H and O–H groups in total. The lowest BCUT2D eigenvalue weighted by molar-refractivity contribution is -0.136. The number of alkyl halides is 3. The minimum atomic E-state index is -4.67. The molecule has 3 aromatic heterocycles. The maximum absolute atomic E-state index is 13.7. The molecule has 0 aliphatic heterocycles. The summed E-state index contributed by atoms with van der Waals surface area (Å²) < 4.78 is 43.8. The average molecular weight is 398 g/mol.